The molecule has 1 saturated heterocycles. The van der Waals surface area contributed by atoms with Gasteiger partial charge in [0.1, 0.15) is 11.9 Å². The van der Waals surface area contributed by atoms with Crippen molar-refractivity contribution >= 4 is 21.7 Å². The summed E-state index contributed by atoms with van der Waals surface area (Å²) in [6, 6.07) is 6.52. The van der Waals surface area contributed by atoms with Crippen molar-refractivity contribution in [2.45, 2.75) is 43.7 Å². The summed E-state index contributed by atoms with van der Waals surface area (Å²) in [4.78, 5) is 14.5. The van der Waals surface area contributed by atoms with Crippen LogP contribution >= 0.6 is 0 Å². The minimum Gasteiger partial charge on any atom is -0.368 e. The van der Waals surface area contributed by atoms with Crippen LogP contribution < -0.4 is 4.72 Å². The van der Waals surface area contributed by atoms with E-state index in [4.69, 9.17) is 9.26 Å². The maximum absolute atomic E-state index is 12.6. The normalized spacial score (nSPS) is 19.7. The maximum Gasteiger partial charge on any atom is 0.263 e. The highest BCUT2D eigenvalue weighted by atomic mass is 32.2. The molecule has 4 rings (SSSR count). The molecule has 2 aliphatic rings. The Morgan fingerprint density at radius 3 is 2.85 bits per heavy atom. The monoisotopic (exact) mass is 391 g/mol. The molecule has 0 unspecified atom stereocenters. The average molecular weight is 391 g/mol. The zero-order chi connectivity index (χ0) is 19.0. The second-order valence-corrected chi connectivity index (χ2v) is 8.55. The lowest BCUT2D eigenvalue weighted by atomic mass is 9.99. The van der Waals surface area contributed by atoms with E-state index < -0.39 is 10.0 Å². The molecule has 8 nitrogen and oxygen atoms in total. The molecule has 27 heavy (non-hydrogen) atoms. The number of ether oxygens (including phenoxy) is 1. The van der Waals surface area contributed by atoms with E-state index in [1.165, 1.54) is 6.07 Å². The molecule has 0 spiro atoms. The Kier molecular flexibility index (Phi) is 4.65. The number of rotatable bonds is 4. The first-order valence-corrected chi connectivity index (χ1v) is 10.4. The Balaban J connectivity index is 1.54. The van der Waals surface area contributed by atoms with E-state index in [9.17, 15) is 13.2 Å². The second kappa shape index (κ2) is 6.97. The Morgan fingerprint density at radius 2 is 2.15 bits per heavy atom. The van der Waals surface area contributed by atoms with E-state index >= 15 is 0 Å². The van der Waals surface area contributed by atoms with Crippen molar-refractivity contribution in [2.24, 2.45) is 0 Å². The lowest BCUT2D eigenvalue weighted by Gasteiger charge is -2.30. The van der Waals surface area contributed by atoms with Crippen molar-refractivity contribution in [1.29, 1.82) is 0 Å². The number of amides is 1. The van der Waals surface area contributed by atoms with Crippen LogP contribution in [0.3, 0.4) is 0 Å². The van der Waals surface area contributed by atoms with Crippen LogP contribution in [0.15, 0.2) is 33.7 Å². The van der Waals surface area contributed by atoms with E-state index in [0.29, 0.717) is 31.9 Å². The number of nitrogens with zero attached hydrogens (tertiary/aromatic N) is 2. The lowest BCUT2D eigenvalue weighted by Crippen LogP contribution is -2.42. The molecule has 1 aromatic carbocycles. The number of carbonyl (C=O) groups excluding carboxylic acids is 1. The van der Waals surface area contributed by atoms with Crippen LogP contribution in [0.25, 0.3) is 0 Å². The van der Waals surface area contributed by atoms with E-state index in [0.717, 1.165) is 24.0 Å². The van der Waals surface area contributed by atoms with Gasteiger partial charge in [0.2, 0.25) is 0 Å². The van der Waals surface area contributed by atoms with Gasteiger partial charge in [0, 0.05) is 25.8 Å². The first kappa shape index (κ1) is 18.0. The molecule has 0 saturated carbocycles. The summed E-state index contributed by atoms with van der Waals surface area (Å²) < 4.78 is 38.0. The van der Waals surface area contributed by atoms with Crippen molar-refractivity contribution in [1.82, 2.24) is 10.1 Å². The SMILES string of the molecule is Cc1cc(NS(=O)(=O)c2ccc3c(c2)CN(C(=O)[C@H]2CCCO2)CC3)no1. The Labute approximate surface area is 157 Å². The fourth-order valence-electron chi connectivity index (χ4n) is 3.48. The van der Waals surface area contributed by atoms with Crippen LogP contribution in [0.4, 0.5) is 5.82 Å². The number of sulfonamides is 1. The molecule has 144 valence electrons. The zero-order valence-electron chi connectivity index (χ0n) is 15.0. The molecule has 9 heteroatoms. The minimum absolute atomic E-state index is 0.0115. The minimum atomic E-state index is -3.79. The molecule has 2 aliphatic heterocycles. The third-order valence-corrected chi connectivity index (χ3v) is 6.24. The molecule has 1 N–H and O–H groups in total. The van der Waals surface area contributed by atoms with Crippen molar-refractivity contribution < 1.29 is 22.5 Å². The van der Waals surface area contributed by atoms with E-state index in [1.54, 1.807) is 24.0 Å². The molecular weight excluding hydrogens is 370 g/mol. The highest BCUT2D eigenvalue weighted by Crippen LogP contribution is 2.26. The van der Waals surface area contributed by atoms with Gasteiger partial charge < -0.3 is 14.2 Å². The maximum atomic E-state index is 12.6. The van der Waals surface area contributed by atoms with Crippen LogP contribution in [-0.4, -0.2) is 43.6 Å². The summed E-state index contributed by atoms with van der Waals surface area (Å²) in [6.07, 6.45) is 1.98. The summed E-state index contributed by atoms with van der Waals surface area (Å²) in [5.74, 6) is 0.643. The highest BCUT2D eigenvalue weighted by Gasteiger charge is 2.30. The summed E-state index contributed by atoms with van der Waals surface area (Å²) in [6.45, 7) is 3.31. The number of anilines is 1. The third kappa shape index (κ3) is 3.70. The van der Waals surface area contributed by atoms with Crippen LogP contribution in [0.1, 0.15) is 29.7 Å². The number of aryl methyl sites for hydroxylation is 1. The standard InChI is InChI=1S/C18H21N3O5S/c1-12-9-17(19-26-12)20-27(23,24)15-5-4-13-6-7-21(11-14(13)10-15)18(22)16-3-2-8-25-16/h4-5,9-10,16H,2-3,6-8,11H2,1H3,(H,19,20)/t16-/m1/s1. The fourth-order valence-corrected chi connectivity index (χ4v) is 4.51. The number of carbonyl (C=O) groups is 1. The van der Waals surface area contributed by atoms with Crippen molar-refractivity contribution in [2.75, 3.05) is 17.9 Å². The Morgan fingerprint density at radius 1 is 1.30 bits per heavy atom. The van der Waals surface area contributed by atoms with Crippen LogP contribution in [0.2, 0.25) is 0 Å². The van der Waals surface area contributed by atoms with Crippen LogP contribution in [0.5, 0.6) is 0 Å². The molecule has 1 fully saturated rings. The van der Waals surface area contributed by atoms with Gasteiger partial charge in [-0.3, -0.25) is 9.52 Å². The first-order valence-electron chi connectivity index (χ1n) is 8.91. The van der Waals surface area contributed by atoms with Gasteiger partial charge in [-0.15, -0.1) is 0 Å². The first-order chi connectivity index (χ1) is 12.9. The Bertz CT molecular complexity index is 963. The van der Waals surface area contributed by atoms with Gasteiger partial charge in [-0.2, -0.15) is 0 Å². The summed E-state index contributed by atoms with van der Waals surface area (Å²) in [5, 5.41) is 3.66. The quantitative estimate of drug-likeness (QED) is 0.853. The summed E-state index contributed by atoms with van der Waals surface area (Å²) in [7, 11) is -3.79. The molecule has 1 aromatic heterocycles. The van der Waals surface area contributed by atoms with E-state index in [1.807, 2.05) is 6.07 Å². The largest absolute Gasteiger partial charge is 0.368 e. The van der Waals surface area contributed by atoms with Gasteiger partial charge in [0.25, 0.3) is 15.9 Å². The van der Waals surface area contributed by atoms with Crippen LogP contribution in [0, 0.1) is 6.92 Å². The van der Waals surface area contributed by atoms with E-state index in [-0.39, 0.29) is 22.7 Å². The zero-order valence-corrected chi connectivity index (χ0v) is 15.8. The molecule has 0 aliphatic carbocycles. The van der Waals surface area contributed by atoms with Crippen molar-refractivity contribution in [3.8, 4) is 0 Å². The Hall–Kier alpha value is -2.39. The molecular formula is C18H21N3O5S. The summed E-state index contributed by atoms with van der Waals surface area (Å²) >= 11 is 0. The second-order valence-electron chi connectivity index (χ2n) is 6.87. The predicted molar refractivity (Wildman–Crippen MR) is 96.6 cm³/mol. The van der Waals surface area contributed by atoms with Crippen molar-refractivity contribution in [3.63, 3.8) is 0 Å². The highest BCUT2D eigenvalue weighted by molar-refractivity contribution is 7.92. The van der Waals surface area contributed by atoms with Crippen LogP contribution in [-0.2, 0) is 32.5 Å². The van der Waals surface area contributed by atoms with Gasteiger partial charge in [0.05, 0.1) is 4.90 Å². The smallest absolute Gasteiger partial charge is 0.263 e. The average Bonchev–Trinajstić information content (AvgIpc) is 3.32. The predicted octanol–water partition coefficient (Wildman–Crippen LogP) is 1.85. The van der Waals surface area contributed by atoms with Gasteiger partial charge in [-0.25, -0.2) is 8.42 Å². The number of aromatic nitrogens is 1. The number of benzene rings is 1. The molecule has 3 heterocycles. The van der Waals surface area contributed by atoms with Gasteiger partial charge in [0.15, 0.2) is 5.82 Å². The van der Waals surface area contributed by atoms with Gasteiger partial charge in [-0.1, -0.05) is 11.2 Å². The van der Waals surface area contributed by atoms with Gasteiger partial charge >= 0.3 is 0 Å². The summed E-state index contributed by atoms with van der Waals surface area (Å²) in [5.41, 5.74) is 1.90. The number of hydrogen-bond acceptors (Lipinski definition) is 6. The molecule has 1 amide bonds. The molecule has 1 atom stereocenters. The lowest BCUT2D eigenvalue weighted by molar-refractivity contribution is -0.141. The topological polar surface area (TPSA) is 102 Å². The molecule has 0 bridgehead atoms. The third-order valence-electron chi connectivity index (χ3n) is 4.88. The van der Waals surface area contributed by atoms with Crippen molar-refractivity contribution in [3.05, 3.63) is 41.2 Å². The van der Waals surface area contributed by atoms with E-state index in [2.05, 4.69) is 9.88 Å². The molecule has 0 radical (unpaired) electrons. The number of fused-ring (bicyclic) bond motifs is 1. The van der Waals surface area contributed by atoms with Gasteiger partial charge in [-0.05, 0) is 49.4 Å². The molecule has 2 aromatic rings. The number of nitrogens with one attached hydrogen (secondary N) is 1. The fraction of sp³-hybridized carbons (Fsp3) is 0.444. The number of hydrogen-bond donors (Lipinski definition) is 1.